The second kappa shape index (κ2) is 4.10. The third-order valence-electron chi connectivity index (χ3n) is 2.90. The molecule has 0 spiro atoms. The molecule has 0 saturated heterocycles. The Bertz CT molecular complexity index is 790. The summed E-state index contributed by atoms with van der Waals surface area (Å²) in [7, 11) is 1.70. The van der Waals surface area contributed by atoms with Crippen molar-refractivity contribution in [2.45, 2.75) is 0 Å². The lowest BCUT2D eigenvalue weighted by Crippen LogP contribution is -1.99. The number of benzene rings is 1. The lowest BCUT2D eigenvalue weighted by Gasteiger charge is -2.01. The number of carboxylic acids is 1. The van der Waals surface area contributed by atoms with Crippen LogP contribution in [-0.2, 0) is 7.05 Å². The molecule has 6 nitrogen and oxygen atoms in total. The Morgan fingerprint density at radius 3 is 2.89 bits per heavy atom. The van der Waals surface area contributed by atoms with Gasteiger partial charge in [-0.3, -0.25) is 9.78 Å². The number of halogens is 1. The minimum Gasteiger partial charge on any atom is -0.476 e. The number of aromatic amines is 1. The summed E-state index contributed by atoms with van der Waals surface area (Å²) in [6, 6.07) is 7.05. The first-order valence-corrected chi connectivity index (χ1v) is 5.85. The normalized spacial score (nSPS) is 11.1. The predicted molar refractivity (Wildman–Crippen MR) is 70.3 cm³/mol. The van der Waals surface area contributed by atoms with Crippen LogP contribution in [0.5, 0.6) is 0 Å². The van der Waals surface area contributed by atoms with Crippen LogP contribution in [0.15, 0.2) is 24.3 Å². The fourth-order valence-electron chi connectivity index (χ4n) is 1.98. The number of H-pyrrole nitrogens is 1. The standard InChI is InChI=1S/C12H9ClN4O2/c1-17-10(5-9(16-17)12(18)19)6-2-3-8-7(4-6)11(13)15-14-8/h2-5H,1H3,(H,14,15)(H,18,19). The Hall–Kier alpha value is -2.34. The van der Waals surface area contributed by atoms with E-state index in [1.54, 1.807) is 7.05 Å². The van der Waals surface area contributed by atoms with Crippen molar-refractivity contribution in [1.29, 1.82) is 0 Å². The largest absolute Gasteiger partial charge is 0.476 e. The van der Waals surface area contributed by atoms with Crippen LogP contribution in [-0.4, -0.2) is 31.1 Å². The van der Waals surface area contributed by atoms with Crippen LogP contribution in [0.3, 0.4) is 0 Å². The lowest BCUT2D eigenvalue weighted by atomic mass is 10.1. The molecule has 19 heavy (non-hydrogen) atoms. The van der Waals surface area contributed by atoms with E-state index in [-0.39, 0.29) is 5.69 Å². The molecule has 3 rings (SSSR count). The van der Waals surface area contributed by atoms with Gasteiger partial charge in [0.25, 0.3) is 0 Å². The molecule has 0 radical (unpaired) electrons. The van der Waals surface area contributed by atoms with E-state index in [9.17, 15) is 4.79 Å². The SMILES string of the molecule is Cn1nc(C(=O)O)cc1-c1ccc2n[nH]c(Cl)c2c1. The highest BCUT2D eigenvalue weighted by atomic mass is 35.5. The summed E-state index contributed by atoms with van der Waals surface area (Å²) in [5, 5.41) is 20.9. The van der Waals surface area contributed by atoms with Gasteiger partial charge in [-0.1, -0.05) is 17.7 Å². The number of aryl methyl sites for hydroxylation is 1. The van der Waals surface area contributed by atoms with Crippen molar-refractivity contribution in [3.63, 3.8) is 0 Å². The van der Waals surface area contributed by atoms with E-state index >= 15 is 0 Å². The average Bonchev–Trinajstić information content (AvgIpc) is 2.93. The lowest BCUT2D eigenvalue weighted by molar-refractivity contribution is 0.0689. The first kappa shape index (κ1) is 11.7. The van der Waals surface area contributed by atoms with Crippen molar-refractivity contribution in [2.75, 3.05) is 0 Å². The van der Waals surface area contributed by atoms with E-state index in [0.717, 1.165) is 16.5 Å². The Morgan fingerprint density at radius 2 is 2.21 bits per heavy atom. The predicted octanol–water partition coefficient (Wildman–Crippen LogP) is 2.32. The number of nitrogens with zero attached hydrogens (tertiary/aromatic N) is 3. The van der Waals surface area contributed by atoms with Crippen molar-refractivity contribution in [3.8, 4) is 11.3 Å². The zero-order valence-electron chi connectivity index (χ0n) is 9.88. The fraction of sp³-hybridized carbons (Fsp3) is 0.0833. The van der Waals surface area contributed by atoms with Gasteiger partial charge in [-0.2, -0.15) is 10.2 Å². The number of aromatic carboxylic acids is 1. The van der Waals surface area contributed by atoms with Gasteiger partial charge in [-0.15, -0.1) is 0 Å². The molecule has 0 saturated carbocycles. The molecule has 7 heteroatoms. The fourth-order valence-corrected chi connectivity index (χ4v) is 2.17. The summed E-state index contributed by atoms with van der Waals surface area (Å²) in [6.07, 6.45) is 0. The van der Waals surface area contributed by atoms with E-state index in [0.29, 0.717) is 10.8 Å². The second-order valence-corrected chi connectivity index (χ2v) is 4.49. The van der Waals surface area contributed by atoms with Crippen molar-refractivity contribution in [2.24, 2.45) is 7.05 Å². The summed E-state index contributed by atoms with van der Waals surface area (Å²) in [5.74, 6) is -1.05. The minimum atomic E-state index is -1.05. The zero-order valence-corrected chi connectivity index (χ0v) is 10.6. The van der Waals surface area contributed by atoms with Crippen LogP contribution in [0, 0.1) is 0 Å². The molecular formula is C12H9ClN4O2. The highest BCUT2D eigenvalue weighted by Crippen LogP contribution is 2.27. The maximum absolute atomic E-state index is 10.9. The number of hydrogen-bond donors (Lipinski definition) is 2. The molecule has 0 aliphatic rings. The Balaban J connectivity index is 2.18. The Kier molecular flexibility index (Phi) is 2.53. The van der Waals surface area contributed by atoms with E-state index in [2.05, 4.69) is 15.3 Å². The van der Waals surface area contributed by atoms with E-state index in [4.69, 9.17) is 16.7 Å². The number of carboxylic acid groups (broad SMARTS) is 1. The van der Waals surface area contributed by atoms with Gasteiger partial charge in [0.05, 0.1) is 11.2 Å². The summed E-state index contributed by atoms with van der Waals surface area (Å²) >= 11 is 5.99. The van der Waals surface area contributed by atoms with Gasteiger partial charge < -0.3 is 5.11 Å². The zero-order chi connectivity index (χ0) is 13.6. The van der Waals surface area contributed by atoms with Gasteiger partial charge in [0.2, 0.25) is 0 Å². The molecule has 0 unspecified atom stereocenters. The number of carbonyl (C=O) groups is 1. The number of hydrogen-bond acceptors (Lipinski definition) is 3. The topological polar surface area (TPSA) is 83.8 Å². The van der Waals surface area contributed by atoms with E-state index in [1.807, 2.05) is 18.2 Å². The van der Waals surface area contributed by atoms with Crippen molar-refractivity contribution in [3.05, 3.63) is 35.1 Å². The maximum Gasteiger partial charge on any atom is 0.356 e. The summed E-state index contributed by atoms with van der Waals surface area (Å²) in [6.45, 7) is 0. The molecule has 2 aromatic heterocycles. The minimum absolute atomic E-state index is 0.0101. The van der Waals surface area contributed by atoms with Crippen LogP contribution in [0.25, 0.3) is 22.2 Å². The number of aromatic nitrogens is 4. The van der Waals surface area contributed by atoms with Crippen LogP contribution in [0.1, 0.15) is 10.5 Å². The molecule has 0 fully saturated rings. The molecule has 0 aliphatic carbocycles. The summed E-state index contributed by atoms with van der Waals surface area (Å²) in [4.78, 5) is 10.9. The Morgan fingerprint density at radius 1 is 1.42 bits per heavy atom. The average molecular weight is 277 g/mol. The highest BCUT2D eigenvalue weighted by molar-refractivity contribution is 6.34. The molecule has 2 heterocycles. The first-order valence-electron chi connectivity index (χ1n) is 5.47. The van der Waals surface area contributed by atoms with Gasteiger partial charge in [-0.25, -0.2) is 4.79 Å². The number of nitrogens with one attached hydrogen (secondary N) is 1. The van der Waals surface area contributed by atoms with E-state index < -0.39 is 5.97 Å². The summed E-state index contributed by atoms with van der Waals surface area (Å²) in [5.41, 5.74) is 2.31. The van der Waals surface area contributed by atoms with Crippen molar-refractivity contribution >= 4 is 28.5 Å². The van der Waals surface area contributed by atoms with Gasteiger partial charge in [-0.05, 0) is 18.2 Å². The quantitative estimate of drug-likeness (QED) is 0.752. The van der Waals surface area contributed by atoms with E-state index in [1.165, 1.54) is 10.7 Å². The molecule has 3 aromatic rings. The molecule has 0 amide bonds. The molecule has 0 bridgehead atoms. The smallest absolute Gasteiger partial charge is 0.356 e. The van der Waals surface area contributed by atoms with Crippen LogP contribution in [0.4, 0.5) is 0 Å². The van der Waals surface area contributed by atoms with Crippen molar-refractivity contribution in [1.82, 2.24) is 20.0 Å². The van der Waals surface area contributed by atoms with Crippen LogP contribution in [0.2, 0.25) is 5.15 Å². The third-order valence-corrected chi connectivity index (χ3v) is 3.19. The molecule has 96 valence electrons. The van der Waals surface area contributed by atoms with Crippen LogP contribution < -0.4 is 0 Å². The molecular weight excluding hydrogens is 268 g/mol. The number of rotatable bonds is 2. The highest BCUT2D eigenvalue weighted by Gasteiger charge is 2.13. The van der Waals surface area contributed by atoms with Crippen molar-refractivity contribution < 1.29 is 9.90 Å². The van der Waals surface area contributed by atoms with Crippen LogP contribution >= 0.6 is 11.6 Å². The third kappa shape index (κ3) is 1.86. The maximum atomic E-state index is 10.9. The number of fused-ring (bicyclic) bond motifs is 1. The molecule has 0 atom stereocenters. The van der Waals surface area contributed by atoms with Gasteiger partial charge >= 0.3 is 5.97 Å². The monoisotopic (exact) mass is 276 g/mol. The first-order chi connectivity index (χ1) is 9.06. The second-order valence-electron chi connectivity index (χ2n) is 4.11. The molecule has 1 aromatic carbocycles. The van der Waals surface area contributed by atoms with Gasteiger partial charge in [0.1, 0.15) is 5.15 Å². The van der Waals surface area contributed by atoms with Gasteiger partial charge in [0, 0.05) is 18.0 Å². The molecule has 2 N–H and O–H groups in total. The molecule has 0 aliphatic heterocycles. The Labute approximate surface area is 112 Å². The summed E-state index contributed by atoms with van der Waals surface area (Å²) < 4.78 is 1.53. The van der Waals surface area contributed by atoms with Gasteiger partial charge in [0.15, 0.2) is 5.69 Å².